The lowest BCUT2D eigenvalue weighted by atomic mass is 10.0. The summed E-state index contributed by atoms with van der Waals surface area (Å²) in [4.78, 5) is 0. The predicted octanol–water partition coefficient (Wildman–Crippen LogP) is 1.17. The molecule has 0 aliphatic heterocycles. The van der Waals surface area contributed by atoms with Crippen molar-refractivity contribution in [3.8, 4) is 0 Å². The van der Waals surface area contributed by atoms with Gasteiger partial charge in [0.25, 0.3) is 0 Å². The van der Waals surface area contributed by atoms with E-state index >= 15 is 0 Å². The van der Waals surface area contributed by atoms with Gasteiger partial charge in [0.1, 0.15) is 0 Å². The highest BCUT2D eigenvalue weighted by molar-refractivity contribution is 5.35. The van der Waals surface area contributed by atoms with Gasteiger partial charge in [0, 0.05) is 11.5 Å². The van der Waals surface area contributed by atoms with Gasteiger partial charge in [-0.25, -0.2) is 0 Å². The zero-order chi connectivity index (χ0) is 9.47. The summed E-state index contributed by atoms with van der Waals surface area (Å²) in [7, 11) is 0. The van der Waals surface area contributed by atoms with Crippen LogP contribution in [0.2, 0.25) is 0 Å². The van der Waals surface area contributed by atoms with E-state index in [1.54, 1.807) is 0 Å². The van der Waals surface area contributed by atoms with Crippen LogP contribution in [0.1, 0.15) is 23.5 Å². The van der Waals surface area contributed by atoms with Crippen LogP contribution in [0.15, 0.2) is 24.3 Å². The summed E-state index contributed by atoms with van der Waals surface area (Å²) in [6.07, 6.45) is 0.910. The molecule has 0 amide bonds. The Morgan fingerprint density at radius 2 is 2.38 bits per heavy atom. The molecule has 1 fully saturated rings. The first-order valence-corrected chi connectivity index (χ1v) is 4.62. The SMILES string of the molecule is Cc1cccc(C2CC2(N)CO)c1. The summed E-state index contributed by atoms with van der Waals surface area (Å²) in [5.74, 6) is 0.359. The molecule has 1 saturated carbocycles. The quantitative estimate of drug-likeness (QED) is 0.712. The number of aliphatic hydroxyl groups is 1. The zero-order valence-electron chi connectivity index (χ0n) is 7.83. The summed E-state index contributed by atoms with van der Waals surface area (Å²) >= 11 is 0. The summed E-state index contributed by atoms with van der Waals surface area (Å²) in [5.41, 5.74) is 8.10. The maximum Gasteiger partial charge on any atom is 0.0617 e. The van der Waals surface area contributed by atoms with Crippen molar-refractivity contribution in [3.63, 3.8) is 0 Å². The van der Waals surface area contributed by atoms with Crippen LogP contribution in [0.5, 0.6) is 0 Å². The van der Waals surface area contributed by atoms with E-state index in [0.29, 0.717) is 5.92 Å². The number of hydrogen-bond donors (Lipinski definition) is 2. The normalized spacial score (nSPS) is 31.8. The molecule has 2 nitrogen and oxygen atoms in total. The van der Waals surface area contributed by atoms with Gasteiger partial charge in [-0.15, -0.1) is 0 Å². The number of aliphatic hydroxyl groups excluding tert-OH is 1. The lowest BCUT2D eigenvalue weighted by Crippen LogP contribution is -2.28. The second-order valence-corrected chi connectivity index (χ2v) is 4.06. The van der Waals surface area contributed by atoms with Crippen molar-refractivity contribution < 1.29 is 5.11 Å². The summed E-state index contributed by atoms with van der Waals surface area (Å²) in [6.45, 7) is 2.16. The number of nitrogens with two attached hydrogens (primary N) is 1. The van der Waals surface area contributed by atoms with Gasteiger partial charge in [0.2, 0.25) is 0 Å². The molecule has 1 aromatic rings. The van der Waals surface area contributed by atoms with Gasteiger partial charge in [-0.2, -0.15) is 0 Å². The molecular weight excluding hydrogens is 162 g/mol. The lowest BCUT2D eigenvalue weighted by molar-refractivity contribution is 0.253. The van der Waals surface area contributed by atoms with Crippen LogP contribution < -0.4 is 5.73 Å². The number of rotatable bonds is 2. The minimum absolute atomic E-state index is 0.0889. The van der Waals surface area contributed by atoms with E-state index in [4.69, 9.17) is 10.8 Å². The largest absolute Gasteiger partial charge is 0.394 e. The molecular formula is C11H15NO. The molecule has 0 bridgehead atoms. The summed E-state index contributed by atoms with van der Waals surface area (Å²) in [5, 5.41) is 9.04. The van der Waals surface area contributed by atoms with Crippen molar-refractivity contribution in [1.29, 1.82) is 0 Å². The van der Waals surface area contributed by atoms with Gasteiger partial charge in [-0.3, -0.25) is 0 Å². The van der Waals surface area contributed by atoms with Crippen molar-refractivity contribution in [2.45, 2.75) is 24.8 Å². The molecule has 2 heteroatoms. The third-order valence-electron chi connectivity index (χ3n) is 2.86. The molecule has 0 spiro atoms. The minimum Gasteiger partial charge on any atom is -0.394 e. The van der Waals surface area contributed by atoms with Crippen LogP contribution in [0.4, 0.5) is 0 Å². The Labute approximate surface area is 78.4 Å². The molecule has 2 unspecified atom stereocenters. The Hall–Kier alpha value is -0.860. The Kier molecular flexibility index (Phi) is 1.90. The van der Waals surface area contributed by atoms with Crippen LogP contribution >= 0.6 is 0 Å². The molecule has 0 saturated heterocycles. The molecule has 1 aliphatic rings. The monoisotopic (exact) mass is 177 g/mol. The highest BCUT2D eigenvalue weighted by atomic mass is 16.3. The van der Waals surface area contributed by atoms with E-state index in [0.717, 1.165) is 6.42 Å². The number of hydrogen-bond acceptors (Lipinski definition) is 2. The van der Waals surface area contributed by atoms with Crippen LogP contribution in [0, 0.1) is 6.92 Å². The Balaban J connectivity index is 2.20. The smallest absolute Gasteiger partial charge is 0.0617 e. The molecule has 70 valence electrons. The minimum atomic E-state index is -0.339. The highest BCUT2D eigenvalue weighted by Gasteiger charge is 2.51. The van der Waals surface area contributed by atoms with E-state index in [9.17, 15) is 0 Å². The Morgan fingerprint density at radius 1 is 1.62 bits per heavy atom. The van der Waals surface area contributed by atoms with Gasteiger partial charge in [0.15, 0.2) is 0 Å². The van der Waals surface area contributed by atoms with Gasteiger partial charge in [-0.05, 0) is 18.9 Å². The molecule has 0 radical (unpaired) electrons. The standard InChI is InChI=1S/C11H15NO/c1-8-3-2-4-9(5-8)10-6-11(10,12)7-13/h2-5,10,13H,6-7,12H2,1H3. The Morgan fingerprint density at radius 3 is 2.92 bits per heavy atom. The van der Waals surface area contributed by atoms with E-state index in [1.807, 2.05) is 6.07 Å². The molecule has 0 heterocycles. The Bertz CT molecular complexity index is 324. The maximum atomic E-state index is 9.04. The van der Waals surface area contributed by atoms with Gasteiger partial charge >= 0.3 is 0 Å². The van der Waals surface area contributed by atoms with Crippen molar-refractivity contribution in [2.24, 2.45) is 5.73 Å². The lowest BCUT2D eigenvalue weighted by Gasteiger charge is -2.07. The molecule has 3 N–H and O–H groups in total. The number of aryl methyl sites for hydroxylation is 1. The van der Waals surface area contributed by atoms with E-state index in [1.165, 1.54) is 11.1 Å². The average molecular weight is 177 g/mol. The third-order valence-corrected chi connectivity index (χ3v) is 2.86. The van der Waals surface area contributed by atoms with E-state index < -0.39 is 0 Å². The second-order valence-electron chi connectivity index (χ2n) is 4.06. The van der Waals surface area contributed by atoms with Crippen molar-refractivity contribution in [2.75, 3.05) is 6.61 Å². The average Bonchev–Trinajstić information content (AvgIpc) is 2.79. The second kappa shape index (κ2) is 2.82. The highest BCUT2D eigenvalue weighted by Crippen LogP contribution is 2.49. The fraction of sp³-hybridized carbons (Fsp3) is 0.455. The molecule has 1 aromatic carbocycles. The maximum absolute atomic E-state index is 9.04. The third kappa shape index (κ3) is 1.47. The van der Waals surface area contributed by atoms with Crippen LogP contribution in [0.25, 0.3) is 0 Å². The van der Waals surface area contributed by atoms with E-state index in [-0.39, 0.29) is 12.1 Å². The van der Waals surface area contributed by atoms with Crippen molar-refractivity contribution in [3.05, 3.63) is 35.4 Å². The molecule has 13 heavy (non-hydrogen) atoms. The van der Waals surface area contributed by atoms with Gasteiger partial charge in [0.05, 0.1) is 6.61 Å². The topological polar surface area (TPSA) is 46.2 Å². The summed E-state index contributed by atoms with van der Waals surface area (Å²) < 4.78 is 0. The fourth-order valence-electron chi connectivity index (χ4n) is 1.83. The van der Waals surface area contributed by atoms with Gasteiger partial charge in [-0.1, -0.05) is 29.8 Å². The van der Waals surface area contributed by atoms with E-state index in [2.05, 4.69) is 25.1 Å². The van der Waals surface area contributed by atoms with Crippen LogP contribution in [-0.4, -0.2) is 17.3 Å². The molecule has 2 atom stereocenters. The predicted molar refractivity (Wildman–Crippen MR) is 52.5 cm³/mol. The zero-order valence-corrected chi connectivity index (χ0v) is 7.83. The first kappa shape index (κ1) is 8.73. The van der Waals surface area contributed by atoms with Crippen molar-refractivity contribution >= 4 is 0 Å². The van der Waals surface area contributed by atoms with Gasteiger partial charge < -0.3 is 10.8 Å². The molecule has 1 aliphatic carbocycles. The summed E-state index contributed by atoms with van der Waals surface area (Å²) in [6, 6.07) is 8.35. The van der Waals surface area contributed by atoms with Crippen LogP contribution in [0.3, 0.4) is 0 Å². The molecule has 2 rings (SSSR count). The molecule has 0 aromatic heterocycles. The first-order valence-electron chi connectivity index (χ1n) is 4.62. The van der Waals surface area contributed by atoms with Crippen molar-refractivity contribution in [1.82, 2.24) is 0 Å². The fourth-order valence-corrected chi connectivity index (χ4v) is 1.83. The van der Waals surface area contributed by atoms with Crippen LogP contribution in [-0.2, 0) is 0 Å². The first-order chi connectivity index (χ1) is 6.15. The number of benzene rings is 1.